The molecule has 0 bridgehead atoms. The maximum Gasteiger partial charge on any atom is 0.341 e. The first-order chi connectivity index (χ1) is 7.15. The number of methoxy groups -OCH3 is 1. The first kappa shape index (κ1) is 9.98. The minimum absolute atomic E-state index is 0.358. The summed E-state index contributed by atoms with van der Waals surface area (Å²) in [6, 6.07) is 3.41. The van der Waals surface area contributed by atoms with E-state index >= 15 is 0 Å². The van der Waals surface area contributed by atoms with E-state index < -0.39 is 5.97 Å². The number of carbonyl (C=O) groups excluding carboxylic acids is 1. The molecule has 15 heavy (non-hydrogen) atoms. The van der Waals surface area contributed by atoms with Crippen LogP contribution in [0.4, 0.5) is 0 Å². The largest absolute Gasteiger partial charge is 0.465 e. The predicted molar refractivity (Wildman–Crippen MR) is 57.1 cm³/mol. The highest BCUT2D eigenvalue weighted by molar-refractivity contribution is 6.35. The van der Waals surface area contributed by atoms with Gasteiger partial charge in [-0.25, -0.2) is 9.78 Å². The zero-order valence-corrected chi connectivity index (χ0v) is 9.08. The normalized spacial score (nSPS) is 10.6. The lowest BCUT2D eigenvalue weighted by molar-refractivity contribution is 0.0602. The van der Waals surface area contributed by atoms with Gasteiger partial charge in [-0.15, -0.1) is 0 Å². The molecule has 0 aliphatic heterocycles. The smallest absolute Gasteiger partial charge is 0.341 e. The van der Waals surface area contributed by atoms with Crippen molar-refractivity contribution in [1.82, 2.24) is 9.55 Å². The van der Waals surface area contributed by atoms with E-state index in [-0.39, 0.29) is 0 Å². The average molecular weight is 225 g/mol. The summed E-state index contributed by atoms with van der Waals surface area (Å²) in [6.45, 7) is 0. The Morgan fingerprint density at radius 3 is 2.93 bits per heavy atom. The molecule has 0 atom stereocenters. The number of benzene rings is 1. The monoisotopic (exact) mass is 224 g/mol. The third-order valence-electron chi connectivity index (χ3n) is 2.22. The topological polar surface area (TPSA) is 44.1 Å². The summed E-state index contributed by atoms with van der Waals surface area (Å²) >= 11 is 5.96. The quantitative estimate of drug-likeness (QED) is 0.696. The van der Waals surface area contributed by atoms with Gasteiger partial charge in [0.25, 0.3) is 0 Å². The maximum atomic E-state index is 11.6. The SMILES string of the molecule is COC(=O)c1c(Cl)ccc2ncn(C)c12. The number of fused-ring (bicyclic) bond motifs is 1. The highest BCUT2D eigenvalue weighted by Crippen LogP contribution is 2.25. The Bertz CT molecular complexity index is 533. The molecule has 78 valence electrons. The van der Waals surface area contributed by atoms with Crippen molar-refractivity contribution in [3.63, 3.8) is 0 Å². The molecule has 2 rings (SSSR count). The first-order valence-corrected chi connectivity index (χ1v) is 4.70. The van der Waals surface area contributed by atoms with Crippen LogP contribution in [0.5, 0.6) is 0 Å². The Labute approximate surface area is 91.4 Å². The molecule has 0 radical (unpaired) electrons. The van der Waals surface area contributed by atoms with Gasteiger partial charge >= 0.3 is 5.97 Å². The van der Waals surface area contributed by atoms with E-state index in [1.165, 1.54) is 7.11 Å². The van der Waals surface area contributed by atoms with Gasteiger partial charge in [-0.05, 0) is 12.1 Å². The predicted octanol–water partition coefficient (Wildman–Crippen LogP) is 2.01. The van der Waals surface area contributed by atoms with E-state index in [0.29, 0.717) is 16.1 Å². The van der Waals surface area contributed by atoms with Crippen molar-refractivity contribution < 1.29 is 9.53 Å². The number of esters is 1. The molecule has 0 aliphatic carbocycles. The molecule has 5 heteroatoms. The van der Waals surface area contributed by atoms with Crippen molar-refractivity contribution >= 4 is 28.6 Å². The summed E-state index contributed by atoms with van der Waals surface area (Å²) in [6.07, 6.45) is 1.63. The third-order valence-corrected chi connectivity index (χ3v) is 2.53. The molecule has 0 amide bonds. The summed E-state index contributed by atoms with van der Waals surface area (Å²) in [5.74, 6) is -0.450. The number of aryl methyl sites for hydroxylation is 1. The Morgan fingerprint density at radius 2 is 2.27 bits per heavy atom. The minimum atomic E-state index is -0.450. The lowest BCUT2D eigenvalue weighted by Gasteiger charge is -2.05. The molecule has 1 heterocycles. The van der Waals surface area contributed by atoms with Crippen molar-refractivity contribution in [3.8, 4) is 0 Å². The average Bonchev–Trinajstić information content (AvgIpc) is 2.60. The van der Waals surface area contributed by atoms with Gasteiger partial charge in [0.05, 0.1) is 29.5 Å². The molecule has 4 nitrogen and oxygen atoms in total. The zero-order valence-electron chi connectivity index (χ0n) is 8.32. The van der Waals surface area contributed by atoms with Crippen LogP contribution in [0.3, 0.4) is 0 Å². The second-order valence-electron chi connectivity index (χ2n) is 3.14. The molecule has 0 saturated carbocycles. The lowest BCUT2D eigenvalue weighted by Crippen LogP contribution is -2.05. The summed E-state index contributed by atoms with van der Waals surface area (Å²) < 4.78 is 6.43. The number of nitrogens with zero attached hydrogens (tertiary/aromatic N) is 2. The van der Waals surface area contributed by atoms with Crippen LogP contribution in [0.2, 0.25) is 5.02 Å². The zero-order chi connectivity index (χ0) is 11.0. The van der Waals surface area contributed by atoms with Crippen LogP contribution in [0, 0.1) is 0 Å². The summed E-state index contributed by atoms with van der Waals surface area (Å²) in [5, 5.41) is 0.373. The molecule has 1 aromatic heterocycles. The van der Waals surface area contributed by atoms with Crippen LogP contribution in [-0.4, -0.2) is 22.6 Å². The minimum Gasteiger partial charge on any atom is -0.465 e. The van der Waals surface area contributed by atoms with Crippen molar-refractivity contribution in [1.29, 1.82) is 0 Å². The van der Waals surface area contributed by atoms with E-state index in [1.807, 2.05) is 0 Å². The van der Waals surface area contributed by atoms with Gasteiger partial charge < -0.3 is 9.30 Å². The highest BCUT2D eigenvalue weighted by Gasteiger charge is 2.17. The van der Waals surface area contributed by atoms with Crippen molar-refractivity contribution in [2.24, 2.45) is 7.05 Å². The molecule has 2 aromatic rings. The second kappa shape index (κ2) is 3.55. The van der Waals surface area contributed by atoms with E-state index in [0.717, 1.165) is 5.52 Å². The Morgan fingerprint density at radius 1 is 1.53 bits per heavy atom. The van der Waals surface area contributed by atoms with Gasteiger partial charge in [0.1, 0.15) is 5.56 Å². The molecule has 0 fully saturated rings. The van der Waals surface area contributed by atoms with E-state index in [1.54, 1.807) is 30.1 Å². The Balaban J connectivity index is 2.84. The molecule has 0 aliphatic rings. The van der Waals surface area contributed by atoms with E-state index in [2.05, 4.69) is 9.72 Å². The van der Waals surface area contributed by atoms with Crippen LogP contribution in [-0.2, 0) is 11.8 Å². The number of hydrogen-bond donors (Lipinski definition) is 0. The fourth-order valence-corrected chi connectivity index (χ4v) is 1.75. The fourth-order valence-electron chi connectivity index (χ4n) is 1.52. The number of imidazole rings is 1. The van der Waals surface area contributed by atoms with Crippen molar-refractivity contribution in [2.45, 2.75) is 0 Å². The molecule has 0 spiro atoms. The van der Waals surface area contributed by atoms with E-state index in [4.69, 9.17) is 11.6 Å². The molecule has 0 unspecified atom stereocenters. The fraction of sp³-hybridized carbons (Fsp3) is 0.200. The lowest BCUT2D eigenvalue weighted by atomic mass is 10.2. The van der Waals surface area contributed by atoms with E-state index in [9.17, 15) is 4.79 Å². The molecular weight excluding hydrogens is 216 g/mol. The van der Waals surface area contributed by atoms with Crippen molar-refractivity contribution in [2.75, 3.05) is 7.11 Å². The van der Waals surface area contributed by atoms with Gasteiger partial charge in [0.15, 0.2) is 0 Å². The summed E-state index contributed by atoms with van der Waals surface area (Å²) in [7, 11) is 3.13. The van der Waals surface area contributed by atoms with Crippen LogP contribution in [0.15, 0.2) is 18.5 Å². The van der Waals surface area contributed by atoms with Gasteiger partial charge in [0.2, 0.25) is 0 Å². The van der Waals surface area contributed by atoms with Crippen LogP contribution in [0.1, 0.15) is 10.4 Å². The number of rotatable bonds is 1. The number of aromatic nitrogens is 2. The standard InChI is InChI=1S/C10H9ClN2O2/c1-13-5-12-7-4-3-6(11)8(9(7)13)10(14)15-2/h3-5H,1-2H3. The van der Waals surface area contributed by atoms with Crippen molar-refractivity contribution in [3.05, 3.63) is 29.0 Å². The number of ether oxygens (including phenoxy) is 1. The van der Waals surface area contributed by atoms with Gasteiger partial charge in [-0.3, -0.25) is 0 Å². The Hall–Kier alpha value is -1.55. The highest BCUT2D eigenvalue weighted by atomic mass is 35.5. The molecule has 0 N–H and O–H groups in total. The second-order valence-corrected chi connectivity index (χ2v) is 3.54. The van der Waals surface area contributed by atoms with Gasteiger partial charge in [0, 0.05) is 7.05 Å². The molecule has 0 saturated heterocycles. The van der Waals surface area contributed by atoms with Crippen LogP contribution >= 0.6 is 11.6 Å². The first-order valence-electron chi connectivity index (χ1n) is 4.33. The number of carbonyl (C=O) groups is 1. The number of halogens is 1. The Kier molecular flexibility index (Phi) is 2.36. The third kappa shape index (κ3) is 1.47. The maximum absolute atomic E-state index is 11.6. The number of hydrogen-bond acceptors (Lipinski definition) is 3. The van der Waals surface area contributed by atoms with Gasteiger partial charge in [-0.2, -0.15) is 0 Å². The molecule has 1 aromatic carbocycles. The van der Waals surface area contributed by atoms with Crippen LogP contribution < -0.4 is 0 Å². The van der Waals surface area contributed by atoms with Crippen LogP contribution in [0.25, 0.3) is 11.0 Å². The van der Waals surface area contributed by atoms with Gasteiger partial charge in [-0.1, -0.05) is 11.6 Å². The summed E-state index contributed by atoms with van der Waals surface area (Å²) in [5.41, 5.74) is 1.77. The summed E-state index contributed by atoms with van der Waals surface area (Å²) in [4.78, 5) is 15.7. The molecular formula is C10H9ClN2O2.